The molecule has 2 heterocycles. The molecule has 146 valence electrons. The van der Waals surface area contributed by atoms with Crippen LogP contribution in [0.5, 0.6) is 5.75 Å². The molecule has 27 heavy (non-hydrogen) atoms. The summed E-state index contributed by atoms with van der Waals surface area (Å²) in [5.41, 5.74) is 0.893. The number of amides is 1. The summed E-state index contributed by atoms with van der Waals surface area (Å²) in [5, 5.41) is 0.809. The highest BCUT2D eigenvalue weighted by Crippen LogP contribution is 2.34. The smallest absolute Gasteiger partial charge is 0.231 e. The highest BCUT2D eigenvalue weighted by Gasteiger charge is 2.30. The van der Waals surface area contributed by atoms with Gasteiger partial charge < -0.3 is 9.47 Å². The molecule has 6 nitrogen and oxygen atoms in total. The van der Waals surface area contributed by atoms with Crippen molar-refractivity contribution in [3.05, 3.63) is 18.2 Å². The van der Waals surface area contributed by atoms with E-state index in [1.165, 1.54) is 0 Å². The van der Waals surface area contributed by atoms with Gasteiger partial charge in [0, 0.05) is 38.2 Å². The Hall–Kier alpha value is -1.70. The summed E-state index contributed by atoms with van der Waals surface area (Å²) in [5.74, 6) is 1.18. The number of methoxy groups -OCH3 is 1. The van der Waals surface area contributed by atoms with Crippen molar-refractivity contribution in [3.63, 3.8) is 0 Å². The van der Waals surface area contributed by atoms with Gasteiger partial charge in [-0.2, -0.15) is 0 Å². The number of aromatic nitrogens is 1. The monoisotopic (exact) mass is 389 g/mol. The van der Waals surface area contributed by atoms with E-state index in [-0.39, 0.29) is 11.8 Å². The summed E-state index contributed by atoms with van der Waals surface area (Å²) < 4.78 is 11.8. The molecule has 1 aliphatic heterocycles. The second kappa shape index (κ2) is 8.54. The summed E-state index contributed by atoms with van der Waals surface area (Å²) in [6.07, 6.45) is 4.33. The standard InChI is InChI=1S/C20H27N3O3S/c1-25-16-6-7-18-17(14-16)21-20(27-18)23(19(24)15-4-2-3-5-15)9-8-22-10-12-26-13-11-22/h6-7,14-15H,2-5,8-13H2,1H3. The molecule has 1 aromatic carbocycles. The zero-order chi connectivity index (χ0) is 18.6. The maximum Gasteiger partial charge on any atom is 0.231 e. The number of benzene rings is 1. The molecule has 1 saturated heterocycles. The first kappa shape index (κ1) is 18.7. The molecule has 0 atom stereocenters. The van der Waals surface area contributed by atoms with Gasteiger partial charge in [0.15, 0.2) is 5.13 Å². The van der Waals surface area contributed by atoms with Crippen LogP contribution < -0.4 is 9.64 Å². The van der Waals surface area contributed by atoms with E-state index >= 15 is 0 Å². The van der Waals surface area contributed by atoms with Crippen LogP contribution in [0, 0.1) is 5.92 Å². The number of rotatable bonds is 6. The Morgan fingerprint density at radius 1 is 1.33 bits per heavy atom. The quantitative estimate of drug-likeness (QED) is 0.760. The molecule has 0 spiro atoms. The lowest BCUT2D eigenvalue weighted by molar-refractivity contribution is -0.122. The molecular formula is C20H27N3O3S. The summed E-state index contributed by atoms with van der Waals surface area (Å²) in [6.45, 7) is 4.97. The average Bonchev–Trinajstić information content (AvgIpc) is 3.38. The topological polar surface area (TPSA) is 54.9 Å². The van der Waals surface area contributed by atoms with Crippen LogP contribution in [0.3, 0.4) is 0 Å². The molecule has 1 saturated carbocycles. The van der Waals surface area contributed by atoms with Crippen molar-refractivity contribution in [1.82, 2.24) is 9.88 Å². The number of carbonyl (C=O) groups excluding carboxylic acids is 1. The molecule has 2 fully saturated rings. The van der Waals surface area contributed by atoms with E-state index in [0.29, 0.717) is 6.54 Å². The van der Waals surface area contributed by atoms with Crippen molar-refractivity contribution in [1.29, 1.82) is 0 Å². The van der Waals surface area contributed by atoms with E-state index in [2.05, 4.69) is 4.90 Å². The predicted molar refractivity (Wildman–Crippen MR) is 108 cm³/mol. The number of nitrogens with zero attached hydrogens (tertiary/aromatic N) is 3. The van der Waals surface area contributed by atoms with Gasteiger partial charge in [-0.15, -0.1) is 0 Å². The first-order valence-corrected chi connectivity index (χ1v) is 10.6. The largest absolute Gasteiger partial charge is 0.497 e. The van der Waals surface area contributed by atoms with Gasteiger partial charge in [0.05, 0.1) is 30.5 Å². The van der Waals surface area contributed by atoms with Gasteiger partial charge in [-0.05, 0) is 25.0 Å². The zero-order valence-electron chi connectivity index (χ0n) is 15.9. The van der Waals surface area contributed by atoms with Crippen LogP contribution in [-0.2, 0) is 9.53 Å². The molecule has 0 radical (unpaired) electrons. The molecule has 7 heteroatoms. The predicted octanol–water partition coefficient (Wildman–Crippen LogP) is 3.16. The Labute approximate surface area is 164 Å². The fourth-order valence-electron chi connectivity index (χ4n) is 3.90. The molecule has 1 aromatic heterocycles. The Morgan fingerprint density at radius 2 is 2.11 bits per heavy atom. The van der Waals surface area contributed by atoms with Crippen LogP contribution in [0.25, 0.3) is 10.2 Å². The normalized spacial score (nSPS) is 18.9. The molecule has 0 N–H and O–H groups in total. The number of fused-ring (bicyclic) bond motifs is 1. The fourth-order valence-corrected chi connectivity index (χ4v) is 4.87. The van der Waals surface area contributed by atoms with Gasteiger partial charge in [-0.1, -0.05) is 24.2 Å². The van der Waals surface area contributed by atoms with Crippen molar-refractivity contribution in [3.8, 4) is 5.75 Å². The number of morpholine rings is 1. The van der Waals surface area contributed by atoms with E-state index in [1.807, 2.05) is 23.1 Å². The lowest BCUT2D eigenvalue weighted by Gasteiger charge is -2.30. The molecule has 1 amide bonds. The molecule has 4 rings (SSSR count). The SMILES string of the molecule is COc1ccc2sc(N(CCN3CCOCC3)C(=O)C3CCCC3)nc2c1. The highest BCUT2D eigenvalue weighted by molar-refractivity contribution is 7.22. The minimum atomic E-state index is 0.149. The lowest BCUT2D eigenvalue weighted by Crippen LogP contribution is -2.44. The molecular weight excluding hydrogens is 362 g/mol. The number of anilines is 1. The van der Waals surface area contributed by atoms with E-state index in [4.69, 9.17) is 14.5 Å². The molecule has 0 unspecified atom stereocenters. The Balaban J connectivity index is 1.56. The third-order valence-corrected chi connectivity index (χ3v) is 6.59. The van der Waals surface area contributed by atoms with Crippen LogP contribution in [0.4, 0.5) is 5.13 Å². The first-order chi connectivity index (χ1) is 13.2. The van der Waals surface area contributed by atoms with Gasteiger partial charge in [0.2, 0.25) is 5.91 Å². The Bertz CT molecular complexity index is 782. The summed E-state index contributed by atoms with van der Waals surface area (Å²) in [6, 6.07) is 5.91. The number of ether oxygens (including phenoxy) is 2. The zero-order valence-corrected chi connectivity index (χ0v) is 16.7. The second-order valence-corrected chi connectivity index (χ2v) is 8.26. The van der Waals surface area contributed by atoms with Gasteiger partial charge in [0.1, 0.15) is 5.75 Å². The Morgan fingerprint density at radius 3 is 2.85 bits per heavy atom. The van der Waals surface area contributed by atoms with E-state index in [1.54, 1.807) is 18.4 Å². The number of thiazole rings is 1. The first-order valence-electron chi connectivity index (χ1n) is 9.80. The van der Waals surface area contributed by atoms with Crippen LogP contribution in [0.15, 0.2) is 18.2 Å². The average molecular weight is 390 g/mol. The molecule has 2 aliphatic rings. The number of carbonyl (C=O) groups is 1. The van der Waals surface area contributed by atoms with Crippen LogP contribution in [0.1, 0.15) is 25.7 Å². The third-order valence-electron chi connectivity index (χ3n) is 5.53. The third kappa shape index (κ3) is 4.25. The minimum absolute atomic E-state index is 0.149. The maximum atomic E-state index is 13.2. The lowest BCUT2D eigenvalue weighted by atomic mass is 10.1. The molecule has 2 aromatic rings. The van der Waals surface area contributed by atoms with Gasteiger partial charge in [-0.25, -0.2) is 4.98 Å². The van der Waals surface area contributed by atoms with Crippen LogP contribution >= 0.6 is 11.3 Å². The van der Waals surface area contributed by atoms with Gasteiger partial charge in [-0.3, -0.25) is 14.6 Å². The van der Waals surface area contributed by atoms with Crippen molar-refractivity contribution in [2.24, 2.45) is 5.92 Å². The van der Waals surface area contributed by atoms with E-state index in [9.17, 15) is 4.79 Å². The fraction of sp³-hybridized carbons (Fsp3) is 0.600. The molecule has 0 bridgehead atoms. The van der Waals surface area contributed by atoms with Gasteiger partial charge in [0.25, 0.3) is 0 Å². The van der Waals surface area contributed by atoms with E-state index in [0.717, 1.165) is 79.6 Å². The number of hydrogen-bond donors (Lipinski definition) is 0. The maximum absolute atomic E-state index is 13.2. The van der Waals surface area contributed by atoms with Crippen molar-refractivity contribution < 1.29 is 14.3 Å². The summed E-state index contributed by atoms with van der Waals surface area (Å²) in [7, 11) is 1.66. The van der Waals surface area contributed by atoms with Gasteiger partial charge >= 0.3 is 0 Å². The van der Waals surface area contributed by atoms with Crippen LogP contribution in [-0.4, -0.2) is 62.3 Å². The highest BCUT2D eigenvalue weighted by atomic mass is 32.1. The van der Waals surface area contributed by atoms with Crippen molar-refractivity contribution in [2.45, 2.75) is 25.7 Å². The molecule has 1 aliphatic carbocycles. The van der Waals surface area contributed by atoms with Crippen LogP contribution in [0.2, 0.25) is 0 Å². The summed E-state index contributed by atoms with van der Waals surface area (Å²) >= 11 is 1.59. The minimum Gasteiger partial charge on any atom is -0.497 e. The van der Waals surface area contributed by atoms with E-state index < -0.39 is 0 Å². The summed E-state index contributed by atoms with van der Waals surface area (Å²) in [4.78, 5) is 22.3. The second-order valence-electron chi connectivity index (χ2n) is 7.26. The van der Waals surface area contributed by atoms with Crippen molar-refractivity contribution in [2.75, 3.05) is 51.4 Å². The van der Waals surface area contributed by atoms with Crippen molar-refractivity contribution >= 4 is 32.6 Å². The Kier molecular flexibility index (Phi) is 5.90. The number of hydrogen-bond acceptors (Lipinski definition) is 6.